The molecular weight excluding hydrogens is 527 g/mol. The Hall–Kier alpha value is -2.80. The number of hydrogen-bond donors (Lipinski definition) is 0. The van der Waals surface area contributed by atoms with Gasteiger partial charge in [-0.15, -0.1) is 13.2 Å². The first-order valence-electron chi connectivity index (χ1n) is 12.4. The molecule has 2 fully saturated rings. The Morgan fingerprint density at radius 3 is 2.45 bits per heavy atom. The number of piperidine rings is 1. The minimum absolute atomic E-state index is 0.159. The molecule has 9 nitrogen and oxygen atoms in total. The number of carbonyl (C=O) groups is 1. The number of benzene rings is 1. The van der Waals surface area contributed by atoms with Gasteiger partial charge in [0.1, 0.15) is 19.0 Å². The molecule has 1 aromatic rings. The summed E-state index contributed by atoms with van der Waals surface area (Å²) >= 11 is 0. The van der Waals surface area contributed by atoms with Crippen LogP contribution in [0.1, 0.15) is 24.8 Å². The smallest absolute Gasteiger partial charge is 0.476 e. The Morgan fingerprint density at radius 2 is 1.79 bits per heavy atom. The molecule has 0 spiro atoms. The van der Waals surface area contributed by atoms with Gasteiger partial charge in [-0.25, -0.2) is 4.79 Å². The minimum atomic E-state index is -4.77. The lowest BCUT2D eigenvalue weighted by atomic mass is 9.84. The highest BCUT2D eigenvalue weighted by Crippen LogP contribution is 2.35. The van der Waals surface area contributed by atoms with E-state index in [2.05, 4.69) is 9.73 Å². The highest BCUT2D eigenvalue weighted by atomic mass is 32.2. The number of aliphatic imine (C=N–C) groups is 1. The van der Waals surface area contributed by atoms with Crippen LogP contribution in [0.5, 0.6) is 5.75 Å². The molecule has 0 N–H and O–H groups in total. The van der Waals surface area contributed by atoms with E-state index < -0.39 is 17.2 Å². The van der Waals surface area contributed by atoms with Gasteiger partial charge in [-0.05, 0) is 31.0 Å². The summed E-state index contributed by atoms with van der Waals surface area (Å²) in [6.07, 6.45) is -4.19. The molecule has 3 aliphatic heterocycles. The molecule has 3 heterocycles. The number of alkyl halides is 3. The van der Waals surface area contributed by atoms with Crippen LogP contribution in [0.25, 0.3) is 0 Å². The first-order valence-corrected chi connectivity index (χ1v) is 13.9. The van der Waals surface area contributed by atoms with E-state index in [1.165, 1.54) is 12.1 Å². The standard InChI is InChI=1S/C25H32F3N3O6S/c1-17-16-36-23(29-22(17)35-10-9-34-2)20-13-19(18-3-5-21(6-4-18)37-25(26,27)28)14-31(15-20)24(32)30-7-11-38(33)12-8-30/h3-6,19-20H,7-16H2,1-2H3. The number of ether oxygens (including phenoxy) is 4. The number of rotatable bonds is 7. The zero-order valence-electron chi connectivity index (χ0n) is 21.4. The van der Waals surface area contributed by atoms with Crippen molar-refractivity contribution in [1.29, 1.82) is 0 Å². The summed E-state index contributed by atoms with van der Waals surface area (Å²) < 4.78 is 70.4. The second-order valence-electron chi connectivity index (χ2n) is 9.43. The van der Waals surface area contributed by atoms with Gasteiger partial charge in [0.15, 0.2) is 5.90 Å². The van der Waals surface area contributed by atoms with E-state index >= 15 is 0 Å². The fourth-order valence-electron chi connectivity index (χ4n) is 4.70. The quantitative estimate of drug-likeness (QED) is 0.475. The molecule has 4 rings (SSSR count). The molecule has 2 unspecified atom stereocenters. The van der Waals surface area contributed by atoms with Crippen molar-refractivity contribution in [2.75, 3.05) is 64.6 Å². The van der Waals surface area contributed by atoms with Crippen LogP contribution in [0.2, 0.25) is 0 Å². The number of likely N-dealkylation sites (tertiary alicyclic amines) is 1. The molecule has 0 bridgehead atoms. The maximum absolute atomic E-state index is 13.4. The van der Waals surface area contributed by atoms with Crippen LogP contribution >= 0.6 is 0 Å². The van der Waals surface area contributed by atoms with Gasteiger partial charge in [0.2, 0.25) is 5.88 Å². The van der Waals surface area contributed by atoms with E-state index in [1.807, 2.05) is 6.92 Å². The van der Waals surface area contributed by atoms with Crippen molar-refractivity contribution in [2.24, 2.45) is 10.9 Å². The van der Waals surface area contributed by atoms with Gasteiger partial charge < -0.3 is 28.7 Å². The molecule has 0 aliphatic carbocycles. The number of amides is 2. The SMILES string of the molecule is COCCOC1=C(C)COC(C2CC(c3ccc(OC(F)(F)F)cc3)CN(C(=O)N3CCS(=O)CC3)C2)=N1. The predicted octanol–water partition coefficient (Wildman–Crippen LogP) is 3.50. The van der Waals surface area contributed by atoms with Gasteiger partial charge in [0.25, 0.3) is 0 Å². The number of hydrogen-bond acceptors (Lipinski definition) is 7. The third-order valence-electron chi connectivity index (χ3n) is 6.64. The molecule has 38 heavy (non-hydrogen) atoms. The Kier molecular flexibility index (Phi) is 9.19. The fraction of sp³-hybridized carbons (Fsp3) is 0.600. The normalized spacial score (nSPS) is 23.1. The third-order valence-corrected chi connectivity index (χ3v) is 7.92. The van der Waals surface area contributed by atoms with Crippen molar-refractivity contribution in [3.05, 3.63) is 41.3 Å². The average molecular weight is 560 g/mol. The summed E-state index contributed by atoms with van der Waals surface area (Å²) in [5.74, 6) is 1.08. The van der Waals surface area contributed by atoms with Crippen molar-refractivity contribution in [3.8, 4) is 5.75 Å². The van der Waals surface area contributed by atoms with Crippen LogP contribution in [0.4, 0.5) is 18.0 Å². The maximum Gasteiger partial charge on any atom is 0.573 e. The zero-order valence-corrected chi connectivity index (χ0v) is 22.2. The van der Waals surface area contributed by atoms with Gasteiger partial charge >= 0.3 is 12.4 Å². The van der Waals surface area contributed by atoms with Crippen molar-refractivity contribution in [3.63, 3.8) is 0 Å². The zero-order chi connectivity index (χ0) is 27.3. The highest BCUT2D eigenvalue weighted by Gasteiger charge is 2.38. The van der Waals surface area contributed by atoms with Crippen LogP contribution < -0.4 is 4.74 Å². The van der Waals surface area contributed by atoms with E-state index in [4.69, 9.17) is 14.2 Å². The topological polar surface area (TPSA) is 89.9 Å². The number of methoxy groups -OCH3 is 1. The Bertz CT molecular complexity index is 1070. The maximum atomic E-state index is 13.4. The largest absolute Gasteiger partial charge is 0.573 e. The molecular formula is C25H32F3N3O6S. The number of nitrogens with zero attached hydrogens (tertiary/aromatic N) is 3. The van der Waals surface area contributed by atoms with E-state index in [9.17, 15) is 22.2 Å². The molecule has 1 aromatic carbocycles. The van der Waals surface area contributed by atoms with Gasteiger partial charge in [0.05, 0.1) is 12.5 Å². The van der Waals surface area contributed by atoms with Gasteiger partial charge in [-0.3, -0.25) is 4.21 Å². The first kappa shape index (κ1) is 28.2. The fourth-order valence-corrected chi connectivity index (χ4v) is 5.76. The Balaban J connectivity index is 1.56. The van der Waals surface area contributed by atoms with Crippen LogP contribution in [0.3, 0.4) is 0 Å². The van der Waals surface area contributed by atoms with E-state index in [1.54, 1.807) is 29.0 Å². The molecule has 2 saturated heterocycles. The molecule has 210 valence electrons. The van der Waals surface area contributed by atoms with Crippen LogP contribution in [-0.2, 0) is 25.0 Å². The molecule has 0 radical (unpaired) electrons. The van der Waals surface area contributed by atoms with E-state index in [0.29, 0.717) is 75.7 Å². The van der Waals surface area contributed by atoms with Crippen molar-refractivity contribution >= 4 is 22.7 Å². The Morgan fingerprint density at radius 1 is 1.11 bits per heavy atom. The summed E-state index contributed by atoms with van der Waals surface area (Å²) in [6, 6.07) is 5.58. The van der Waals surface area contributed by atoms with Crippen LogP contribution in [0.15, 0.2) is 40.7 Å². The third kappa shape index (κ3) is 7.40. The molecule has 13 heteroatoms. The van der Waals surface area contributed by atoms with Crippen molar-refractivity contribution < 1.29 is 41.1 Å². The summed E-state index contributed by atoms with van der Waals surface area (Å²) in [4.78, 5) is 21.5. The molecule has 2 amide bonds. The predicted molar refractivity (Wildman–Crippen MR) is 134 cm³/mol. The number of halogens is 3. The van der Waals surface area contributed by atoms with Gasteiger partial charge in [-0.1, -0.05) is 12.1 Å². The van der Waals surface area contributed by atoms with Gasteiger partial charge in [0, 0.05) is 67.1 Å². The lowest BCUT2D eigenvalue weighted by molar-refractivity contribution is -0.274. The monoisotopic (exact) mass is 559 g/mol. The summed E-state index contributed by atoms with van der Waals surface area (Å²) in [5.41, 5.74) is 1.62. The molecule has 0 aromatic heterocycles. The lowest BCUT2D eigenvalue weighted by Gasteiger charge is -2.41. The van der Waals surface area contributed by atoms with E-state index in [0.717, 1.165) is 11.1 Å². The molecule has 0 saturated carbocycles. The van der Waals surface area contributed by atoms with Crippen molar-refractivity contribution in [2.45, 2.75) is 25.6 Å². The molecule has 3 aliphatic rings. The van der Waals surface area contributed by atoms with Crippen LogP contribution in [-0.4, -0.2) is 96.9 Å². The second-order valence-corrected chi connectivity index (χ2v) is 11.1. The first-order chi connectivity index (χ1) is 18.1. The Labute approximate surface area is 222 Å². The average Bonchev–Trinajstić information content (AvgIpc) is 2.89. The lowest BCUT2D eigenvalue weighted by Crippen LogP contribution is -2.53. The number of urea groups is 1. The highest BCUT2D eigenvalue weighted by molar-refractivity contribution is 7.85. The number of carbonyl (C=O) groups excluding carboxylic acids is 1. The van der Waals surface area contributed by atoms with Gasteiger partial charge in [-0.2, -0.15) is 4.99 Å². The minimum Gasteiger partial charge on any atom is -0.476 e. The molecule has 2 atom stereocenters. The van der Waals surface area contributed by atoms with E-state index in [-0.39, 0.29) is 23.6 Å². The summed E-state index contributed by atoms with van der Waals surface area (Å²) in [7, 11) is 0.660. The second kappa shape index (κ2) is 12.4. The van der Waals surface area contributed by atoms with Crippen LogP contribution in [0, 0.1) is 5.92 Å². The summed E-state index contributed by atoms with van der Waals surface area (Å²) in [6.45, 7) is 4.49. The van der Waals surface area contributed by atoms with Crippen molar-refractivity contribution in [1.82, 2.24) is 9.80 Å². The summed E-state index contributed by atoms with van der Waals surface area (Å²) in [5, 5.41) is 0.